The molecule has 28 heavy (non-hydrogen) atoms. The molecule has 0 spiro atoms. The number of aldehydes is 1. The van der Waals surface area contributed by atoms with Crippen molar-refractivity contribution in [3.05, 3.63) is 65.2 Å². The predicted molar refractivity (Wildman–Crippen MR) is 103 cm³/mol. The van der Waals surface area contributed by atoms with E-state index in [9.17, 15) is 14.4 Å². The highest BCUT2D eigenvalue weighted by atomic mass is 16.6. The van der Waals surface area contributed by atoms with Gasteiger partial charge in [0.2, 0.25) is 0 Å². The van der Waals surface area contributed by atoms with Crippen LogP contribution in [-0.2, 0) is 20.7 Å². The Balaban J connectivity index is 1.48. The average molecular weight is 381 g/mol. The topological polar surface area (TPSA) is 81.7 Å². The van der Waals surface area contributed by atoms with E-state index < -0.39 is 12.1 Å². The Labute approximate surface area is 163 Å². The van der Waals surface area contributed by atoms with Crippen molar-refractivity contribution in [2.75, 3.05) is 6.61 Å². The molecular formula is C22H23NO5. The summed E-state index contributed by atoms with van der Waals surface area (Å²) in [7, 11) is 0. The number of benzene rings is 2. The maximum atomic E-state index is 12.4. The summed E-state index contributed by atoms with van der Waals surface area (Å²) in [5.74, 6) is -0.519. The van der Waals surface area contributed by atoms with Gasteiger partial charge in [-0.3, -0.25) is 9.59 Å². The molecule has 6 nitrogen and oxygen atoms in total. The van der Waals surface area contributed by atoms with E-state index in [2.05, 4.69) is 11.4 Å². The largest absolute Gasteiger partial charge is 0.482 e. The molecule has 146 valence electrons. The molecule has 1 aliphatic carbocycles. The molecule has 0 aromatic heterocycles. The zero-order valence-corrected chi connectivity index (χ0v) is 15.7. The first kappa shape index (κ1) is 19.6. The van der Waals surface area contributed by atoms with Gasteiger partial charge in [0.15, 0.2) is 12.7 Å². The van der Waals surface area contributed by atoms with E-state index in [1.807, 2.05) is 18.2 Å². The lowest BCUT2D eigenvalue weighted by Crippen LogP contribution is -2.39. The van der Waals surface area contributed by atoms with E-state index in [1.165, 1.54) is 5.56 Å². The molecule has 6 heteroatoms. The fourth-order valence-corrected chi connectivity index (χ4v) is 3.26. The number of hydrogen-bond acceptors (Lipinski definition) is 5. The smallest absolute Gasteiger partial charge is 0.344 e. The molecule has 0 unspecified atom stereocenters. The normalized spacial score (nSPS) is 16.4. The second kappa shape index (κ2) is 9.17. The summed E-state index contributed by atoms with van der Waals surface area (Å²) in [4.78, 5) is 35.0. The second-order valence-corrected chi connectivity index (χ2v) is 6.76. The zero-order chi connectivity index (χ0) is 19.9. The van der Waals surface area contributed by atoms with Crippen molar-refractivity contribution in [2.24, 2.45) is 0 Å². The SMILES string of the molecule is C[C@H](OC(=O)COc1ccc(C=O)cc1)C(=O)N[C@H]1CCCc2ccccc21. The lowest BCUT2D eigenvalue weighted by Gasteiger charge is -2.27. The lowest BCUT2D eigenvalue weighted by atomic mass is 9.87. The van der Waals surface area contributed by atoms with Crippen molar-refractivity contribution in [1.82, 2.24) is 5.32 Å². The summed E-state index contributed by atoms with van der Waals surface area (Å²) in [5, 5.41) is 2.98. The molecule has 0 heterocycles. The summed E-state index contributed by atoms with van der Waals surface area (Å²) in [6.07, 6.45) is 2.69. The molecule has 1 N–H and O–H groups in total. The molecule has 3 rings (SSSR count). The Bertz CT molecular complexity index is 846. The Morgan fingerprint density at radius 1 is 1.18 bits per heavy atom. The van der Waals surface area contributed by atoms with Crippen LogP contribution < -0.4 is 10.1 Å². The van der Waals surface area contributed by atoms with Gasteiger partial charge in [-0.15, -0.1) is 0 Å². The monoisotopic (exact) mass is 381 g/mol. The number of esters is 1. The minimum absolute atomic E-state index is 0.0637. The average Bonchev–Trinajstić information content (AvgIpc) is 2.73. The van der Waals surface area contributed by atoms with Gasteiger partial charge in [0, 0.05) is 5.56 Å². The number of amides is 1. The fourth-order valence-electron chi connectivity index (χ4n) is 3.26. The molecule has 0 saturated heterocycles. The third kappa shape index (κ3) is 4.97. The van der Waals surface area contributed by atoms with E-state index in [1.54, 1.807) is 31.2 Å². The van der Waals surface area contributed by atoms with E-state index in [-0.39, 0.29) is 18.6 Å². The van der Waals surface area contributed by atoms with Crippen LogP contribution in [0.2, 0.25) is 0 Å². The van der Waals surface area contributed by atoms with Crippen LogP contribution in [0, 0.1) is 0 Å². The fraction of sp³-hybridized carbons (Fsp3) is 0.318. The summed E-state index contributed by atoms with van der Waals surface area (Å²) < 4.78 is 10.5. The van der Waals surface area contributed by atoms with E-state index in [4.69, 9.17) is 9.47 Å². The third-order valence-corrected chi connectivity index (χ3v) is 4.74. The van der Waals surface area contributed by atoms with Gasteiger partial charge in [-0.25, -0.2) is 4.79 Å². The molecule has 0 fully saturated rings. The van der Waals surface area contributed by atoms with Gasteiger partial charge in [-0.05, 0) is 61.6 Å². The molecule has 1 amide bonds. The molecule has 0 aliphatic heterocycles. The lowest BCUT2D eigenvalue weighted by molar-refractivity contribution is -0.156. The zero-order valence-electron chi connectivity index (χ0n) is 15.7. The molecule has 0 radical (unpaired) electrons. The molecule has 2 atom stereocenters. The van der Waals surface area contributed by atoms with Crippen LogP contribution in [-0.4, -0.2) is 30.9 Å². The molecule has 0 bridgehead atoms. The summed E-state index contributed by atoms with van der Waals surface area (Å²) in [6, 6.07) is 14.4. The molecule has 2 aromatic rings. The molecule has 0 saturated carbocycles. The highest BCUT2D eigenvalue weighted by Gasteiger charge is 2.25. The summed E-state index contributed by atoms with van der Waals surface area (Å²) >= 11 is 0. The highest BCUT2D eigenvalue weighted by Crippen LogP contribution is 2.29. The number of rotatable bonds is 7. The van der Waals surface area contributed by atoms with Crippen LogP contribution in [0.3, 0.4) is 0 Å². The number of ether oxygens (including phenoxy) is 2. The van der Waals surface area contributed by atoms with Crippen molar-refractivity contribution >= 4 is 18.2 Å². The standard InChI is InChI=1S/C22H23NO5/c1-15(28-21(25)14-27-18-11-9-16(13-24)10-12-18)22(26)23-20-8-4-6-17-5-2-3-7-19(17)20/h2-3,5,7,9-13,15,20H,4,6,8,14H2,1H3,(H,23,26)/t15-,20-/m0/s1. The Morgan fingerprint density at radius 3 is 2.68 bits per heavy atom. The number of fused-ring (bicyclic) bond motifs is 1. The second-order valence-electron chi connectivity index (χ2n) is 6.76. The minimum atomic E-state index is -0.914. The van der Waals surface area contributed by atoms with Gasteiger partial charge >= 0.3 is 5.97 Å². The highest BCUT2D eigenvalue weighted by molar-refractivity contribution is 5.84. The quantitative estimate of drug-likeness (QED) is 0.589. The summed E-state index contributed by atoms with van der Waals surface area (Å²) in [6.45, 7) is 1.23. The van der Waals surface area contributed by atoms with Gasteiger partial charge in [0.05, 0.1) is 6.04 Å². The van der Waals surface area contributed by atoms with Crippen molar-refractivity contribution in [3.63, 3.8) is 0 Å². The third-order valence-electron chi connectivity index (χ3n) is 4.74. The number of hydrogen-bond donors (Lipinski definition) is 1. The first-order valence-electron chi connectivity index (χ1n) is 9.32. The van der Waals surface area contributed by atoms with Crippen LogP contribution in [0.1, 0.15) is 47.3 Å². The van der Waals surface area contributed by atoms with E-state index in [0.29, 0.717) is 11.3 Å². The number of nitrogens with one attached hydrogen (secondary N) is 1. The minimum Gasteiger partial charge on any atom is -0.482 e. The van der Waals surface area contributed by atoms with Crippen LogP contribution >= 0.6 is 0 Å². The summed E-state index contributed by atoms with van der Waals surface area (Å²) in [5.41, 5.74) is 2.89. The van der Waals surface area contributed by atoms with Crippen LogP contribution in [0.5, 0.6) is 5.75 Å². The Morgan fingerprint density at radius 2 is 1.93 bits per heavy atom. The van der Waals surface area contributed by atoms with Gasteiger partial charge in [0.25, 0.3) is 5.91 Å². The van der Waals surface area contributed by atoms with Crippen LogP contribution in [0.4, 0.5) is 0 Å². The van der Waals surface area contributed by atoms with Crippen molar-refractivity contribution in [2.45, 2.75) is 38.3 Å². The Hall–Kier alpha value is -3.15. The van der Waals surface area contributed by atoms with E-state index in [0.717, 1.165) is 31.1 Å². The van der Waals surface area contributed by atoms with Crippen LogP contribution in [0.15, 0.2) is 48.5 Å². The Kier molecular flexibility index (Phi) is 6.42. The molecule has 2 aromatic carbocycles. The maximum Gasteiger partial charge on any atom is 0.344 e. The van der Waals surface area contributed by atoms with Crippen molar-refractivity contribution in [1.29, 1.82) is 0 Å². The molecular weight excluding hydrogens is 358 g/mol. The number of aryl methyl sites for hydroxylation is 1. The van der Waals surface area contributed by atoms with Gasteiger partial charge in [-0.2, -0.15) is 0 Å². The van der Waals surface area contributed by atoms with Crippen molar-refractivity contribution < 1.29 is 23.9 Å². The van der Waals surface area contributed by atoms with Crippen LogP contribution in [0.25, 0.3) is 0 Å². The number of carbonyl (C=O) groups excluding carboxylic acids is 3. The predicted octanol–water partition coefficient (Wildman–Crippen LogP) is 3.00. The van der Waals surface area contributed by atoms with E-state index >= 15 is 0 Å². The van der Waals surface area contributed by atoms with Gasteiger partial charge in [-0.1, -0.05) is 24.3 Å². The number of carbonyl (C=O) groups is 3. The maximum absolute atomic E-state index is 12.4. The van der Waals surface area contributed by atoms with Gasteiger partial charge < -0.3 is 14.8 Å². The van der Waals surface area contributed by atoms with Crippen molar-refractivity contribution in [3.8, 4) is 5.75 Å². The first-order chi connectivity index (χ1) is 13.6. The van der Waals surface area contributed by atoms with Gasteiger partial charge in [0.1, 0.15) is 12.0 Å². The molecule has 1 aliphatic rings. The first-order valence-corrected chi connectivity index (χ1v) is 9.32.